The number of carbonyl (C=O) groups excluding carboxylic acids is 2. The molecule has 0 aliphatic heterocycles. The van der Waals surface area contributed by atoms with Gasteiger partial charge in [0.25, 0.3) is 11.8 Å². The summed E-state index contributed by atoms with van der Waals surface area (Å²) in [6.45, 7) is 3.32. The Hall–Kier alpha value is -3.34. The molecule has 2 aromatic heterocycles. The summed E-state index contributed by atoms with van der Waals surface area (Å²) >= 11 is 1.19. The fourth-order valence-electron chi connectivity index (χ4n) is 2.65. The van der Waals surface area contributed by atoms with E-state index in [0.29, 0.717) is 15.4 Å². The van der Waals surface area contributed by atoms with E-state index >= 15 is 0 Å². The molecule has 0 bridgehead atoms. The van der Waals surface area contributed by atoms with Gasteiger partial charge in [0, 0.05) is 11.9 Å². The number of anilines is 2. The molecule has 0 unspecified atom stereocenters. The predicted molar refractivity (Wildman–Crippen MR) is 108 cm³/mol. The van der Waals surface area contributed by atoms with E-state index in [2.05, 4.69) is 20.6 Å². The molecule has 162 valence electrons. The molecule has 2 N–H and O–H groups in total. The van der Waals surface area contributed by atoms with E-state index in [1.54, 1.807) is 13.8 Å². The number of benzene rings is 1. The van der Waals surface area contributed by atoms with Crippen molar-refractivity contribution in [1.29, 1.82) is 0 Å². The number of hydrogen-bond acceptors (Lipinski definition) is 5. The number of pyridine rings is 1. The Labute approximate surface area is 178 Å². The molecule has 6 nitrogen and oxygen atoms in total. The lowest BCUT2D eigenvalue weighted by Crippen LogP contribution is -2.17. The number of nitrogens with one attached hydrogen (secondary N) is 2. The Balaban J connectivity index is 1.76. The molecule has 2 amide bonds. The third kappa shape index (κ3) is 5.85. The third-order valence-electron chi connectivity index (χ3n) is 4.12. The van der Waals surface area contributed by atoms with Gasteiger partial charge in [-0.3, -0.25) is 9.59 Å². The first-order valence-electron chi connectivity index (χ1n) is 8.89. The smallest absolute Gasteiger partial charge is 0.321 e. The van der Waals surface area contributed by atoms with Crippen molar-refractivity contribution < 1.29 is 27.2 Å². The van der Waals surface area contributed by atoms with Gasteiger partial charge in [0.1, 0.15) is 16.5 Å². The first-order valence-corrected chi connectivity index (χ1v) is 9.70. The highest BCUT2D eigenvalue weighted by molar-refractivity contribution is 7.13. The third-order valence-corrected chi connectivity index (χ3v) is 5.03. The Kier molecular flexibility index (Phi) is 6.34. The number of thiazole rings is 1. The van der Waals surface area contributed by atoms with Crippen LogP contribution in [0.25, 0.3) is 0 Å². The molecule has 0 radical (unpaired) electrons. The summed E-state index contributed by atoms with van der Waals surface area (Å²) in [5, 5.41) is 5.65. The number of nitrogens with zero attached hydrogens (tertiary/aromatic N) is 2. The van der Waals surface area contributed by atoms with Crippen LogP contribution in [0.2, 0.25) is 0 Å². The van der Waals surface area contributed by atoms with Gasteiger partial charge in [-0.1, -0.05) is 6.07 Å². The quantitative estimate of drug-likeness (QED) is 0.539. The molecule has 0 atom stereocenters. The average Bonchev–Trinajstić information content (AvgIpc) is 3.10. The topological polar surface area (TPSA) is 84.0 Å². The molecule has 0 aliphatic rings. The zero-order chi connectivity index (χ0) is 22.8. The van der Waals surface area contributed by atoms with Crippen molar-refractivity contribution in [3.05, 3.63) is 69.1 Å². The molecule has 31 heavy (non-hydrogen) atoms. The highest BCUT2D eigenvalue weighted by Crippen LogP contribution is 2.24. The number of rotatable bonds is 5. The van der Waals surface area contributed by atoms with Crippen molar-refractivity contribution >= 4 is 34.7 Å². The second-order valence-electron chi connectivity index (χ2n) is 6.64. The minimum atomic E-state index is -4.38. The van der Waals surface area contributed by atoms with E-state index in [-0.39, 0.29) is 22.6 Å². The van der Waals surface area contributed by atoms with E-state index in [4.69, 9.17) is 0 Å². The van der Waals surface area contributed by atoms with Crippen molar-refractivity contribution in [2.45, 2.75) is 26.4 Å². The number of carbonyl (C=O) groups is 2. The van der Waals surface area contributed by atoms with E-state index in [1.165, 1.54) is 35.7 Å². The summed E-state index contributed by atoms with van der Waals surface area (Å²) in [6.07, 6.45) is -3.13. The lowest BCUT2D eigenvalue weighted by Gasteiger charge is -2.12. The Morgan fingerprint density at radius 3 is 2.35 bits per heavy atom. The summed E-state index contributed by atoms with van der Waals surface area (Å²) in [4.78, 5) is 32.9. The van der Waals surface area contributed by atoms with Gasteiger partial charge in [0.2, 0.25) is 0 Å². The SMILES string of the molecule is Cc1ncc(C(=O)Nc2cc(C(=O)Nc3ccc(CC(F)(F)F)cn3)c(F)cc2C)s1. The standard InChI is InChI=1S/C20H16F4N4O2S/c1-10-5-14(21)13(6-15(10)27-19(30)16-9-25-11(2)31-16)18(29)28-17-4-3-12(8-26-17)7-20(22,23)24/h3-6,8-9H,7H2,1-2H3,(H,27,30)(H,26,28,29). The Morgan fingerprint density at radius 2 is 1.77 bits per heavy atom. The normalized spacial score (nSPS) is 11.3. The van der Waals surface area contributed by atoms with Gasteiger partial charge in [-0.2, -0.15) is 13.2 Å². The van der Waals surface area contributed by atoms with Gasteiger partial charge < -0.3 is 10.6 Å². The van der Waals surface area contributed by atoms with Gasteiger partial charge in [0.05, 0.1) is 23.2 Å². The van der Waals surface area contributed by atoms with Crippen LogP contribution >= 0.6 is 11.3 Å². The van der Waals surface area contributed by atoms with Gasteiger partial charge in [-0.15, -0.1) is 11.3 Å². The van der Waals surface area contributed by atoms with E-state index in [0.717, 1.165) is 12.3 Å². The molecule has 0 saturated heterocycles. The maximum Gasteiger partial charge on any atom is 0.393 e. The van der Waals surface area contributed by atoms with Crippen LogP contribution in [-0.4, -0.2) is 28.0 Å². The number of alkyl halides is 3. The summed E-state index contributed by atoms with van der Waals surface area (Å²) in [6, 6.07) is 4.65. The van der Waals surface area contributed by atoms with E-state index < -0.39 is 30.2 Å². The van der Waals surface area contributed by atoms with Crippen LogP contribution in [-0.2, 0) is 6.42 Å². The lowest BCUT2D eigenvalue weighted by atomic mass is 10.1. The molecular weight excluding hydrogens is 436 g/mol. The second kappa shape index (κ2) is 8.80. The first kappa shape index (κ1) is 22.3. The predicted octanol–water partition coefficient (Wildman–Crippen LogP) is 4.90. The summed E-state index contributed by atoms with van der Waals surface area (Å²) in [7, 11) is 0. The number of aryl methyl sites for hydroxylation is 2. The van der Waals surface area contributed by atoms with Crippen molar-refractivity contribution in [1.82, 2.24) is 9.97 Å². The summed E-state index contributed by atoms with van der Waals surface area (Å²) in [5.41, 5.74) is 0.201. The Morgan fingerprint density at radius 1 is 1.03 bits per heavy atom. The number of amides is 2. The Bertz CT molecular complexity index is 1130. The van der Waals surface area contributed by atoms with Gasteiger partial charge in [-0.05, 0) is 43.2 Å². The minimum Gasteiger partial charge on any atom is -0.321 e. The molecule has 3 aromatic rings. The maximum absolute atomic E-state index is 14.4. The first-order chi connectivity index (χ1) is 14.5. The number of hydrogen-bond donors (Lipinski definition) is 2. The highest BCUT2D eigenvalue weighted by atomic mass is 32.1. The van der Waals surface area contributed by atoms with Crippen molar-refractivity contribution in [2.24, 2.45) is 0 Å². The molecule has 0 spiro atoms. The van der Waals surface area contributed by atoms with Crippen LogP contribution in [0.1, 0.15) is 36.2 Å². The van der Waals surface area contributed by atoms with Gasteiger partial charge >= 0.3 is 6.18 Å². The molecule has 0 aliphatic carbocycles. The van der Waals surface area contributed by atoms with Gasteiger partial charge in [0.15, 0.2) is 0 Å². The van der Waals surface area contributed by atoms with Crippen LogP contribution in [0.4, 0.5) is 29.1 Å². The molecular formula is C20H16F4N4O2S. The van der Waals surface area contributed by atoms with E-state index in [1.807, 2.05) is 0 Å². The summed E-state index contributed by atoms with van der Waals surface area (Å²) < 4.78 is 51.6. The fourth-order valence-corrected chi connectivity index (χ4v) is 3.32. The number of halogens is 4. The zero-order valence-corrected chi connectivity index (χ0v) is 17.1. The van der Waals surface area contributed by atoms with Crippen molar-refractivity contribution in [3.63, 3.8) is 0 Å². The molecule has 1 aromatic carbocycles. The van der Waals surface area contributed by atoms with Crippen molar-refractivity contribution in [3.8, 4) is 0 Å². The molecule has 2 heterocycles. The molecule has 0 fully saturated rings. The van der Waals surface area contributed by atoms with E-state index in [9.17, 15) is 27.2 Å². The number of aromatic nitrogens is 2. The van der Waals surface area contributed by atoms with Crippen LogP contribution in [0, 0.1) is 19.7 Å². The molecule has 11 heteroatoms. The van der Waals surface area contributed by atoms with Crippen LogP contribution < -0.4 is 10.6 Å². The second-order valence-corrected chi connectivity index (χ2v) is 7.88. The minimum absolute atomic E-state index is 0.0402. The molecule has 3 rings (SSSR count). The van der Waals surface area contributed by atoms with Gasteiger partial charge in [-0.25, -0.2) is 14.4 Å². The largest absolute Gasteiger partial charge is 0.393 e. The molecule has 0 saturated carbocycles. The monoisotopic (exact) mass is 452 g/mol. The van der Waals surface area contributed by atoms with Crippen LogP contribution in [0.5, 0.6) is 0 Å². The van der Waals surface area contributed by atoms with Crippen LogP contribution in [0.3, 0.4) is 0 Å². The lowest BCUT2D eigenvalue weighted by molar-refractivity contribution is -0.127. The highest BCUT2D eigenvalue weighted by Gasteiger charge is 2.27. The van der Waals surface area contributed by atoms with Crippen LogP contribution in [0.15, 0.2) is 36.7 Å². The average molecular weight is 452 g/mol. The zero-order valence-electron chi connectivity index (χ0n) is 16.3. The maximum atomic E-state index is 14.4. The fraction of sp³-hybridized carbons (Fsp3) is 0.200. The van der Waals surface area contributed by atoms with Crippen molar-refractivity contribution in [2.75, 3.05) is 10.6 Å². The summed E-state index contributed by atoms with van der Waals surface area (Å²) in [5.74, 6) is -2.18.